The molecule has 4 heterocycles. The number of benzene rings is 1. The molecule has 4 aromatic rings. The molecule has 32 heavy (non-hydrogen) atoms. The first kappa shape index (κ1) is 20.6. The second kappa shape index (κ2) is 8.35. The minimum atomic E-state index is -0.133. The fraction of sp³-hybridized carbons (Fsp3) is 0.417. The second-order valence-electron chi connectivity index (χ2n) is 8.81. The summed E-state index contributed by atoms with van der Waals surface area (Å²) < 4.78 is 8.69. The van der Waals surface area contributed by atoms with E-state index in [1.807, 2.05) is 12.1 Å². The zero-order chi connectivity index (χ0) is 22.2. The van der Waals surface area contributed by atoms with Crippen molar-refractivity contribution in [1.82, 2.24) is 29.2 Å². The summed E-state index contributed by atoms with van der Waals surface area (Å²) in [5.74, 6) is 1.11. The standard InChI is InChI=1S/C24H28N6O2/c1-16-7-8-19(12-17(16)2)20-13-21-24(31)29(10-11-30(21)26-20)14-22-25-23(32-27-22)15-28-9-5-4-6-18(28)3/h7-8,10-13,18H,4-6,9,14-15H2,1-3H3. The minimum Gasteiger partial charge on any atom is -0.338 e. The quantitative estimate of drug-likeness (QED) is 0.479. The van der Waals surface area contributed by atoms with Crippen molar-refractivity contribution in [3.63, 3.8) is 0 Å². The van der Waals surface area contributed by atoms with Gasteiger partial charge in [0.2, 0.25) is 5.89 Å². The van der Waals surface area contributed by atoms with Gasteiger partial charge in [-0.3, -0.25) is 9.69 Å². The van der Waals surface area contributed by atoms with Crippen LogP contribution in [0.2, 0.25) is 0 Å². The van der Waals surface area contributed by atoms with Gasteiger partial charge in [-0.1, -0.05) is 23.7 Å². The van der Waals surface area contributed by atoms with E-state index < -0.39 is 0 Å². The molecule has 1 fully saturated rings. The maximum atomic E-state index is 13.1. The number of piperidine rings is 1. The van der Waals surface area contributed by atoms with Crippen molar-refractivity contribution in [2.75, 3.05) is 6.54 Å². The van der Waals surface area contributed by atoms with Gasteiger partial charge in [0.1, 0.15) is 5.52 Å². The van der Waals surface area contributed by atoms with Crippen molar-refractivity contribution in [3.05, 3.63) is 69.9 Å². The molecule has 1 saturated heterocycles. The molecule has 0 aliphatic carbocycles. The topological polar surface area (TPSA) is 81.5 Å². The summed E-state index contributed by atoms with van der Waals surface area (Å²) in [6.07, 6.45) is 7.19. The fourth-order valence-electron chi connectivity index (χ4n) is 4.33. The highest BCUT2D eigenvalue weighted by atomic mass is 16.5. The molecule has 1 aromatic carbocycles. The van der Waals surface area contributed by atoms with Gasteiger partial charge in [0.05, 0.1) is 18.8 Å². The Morgan fingerprint density at radius 2 is 1.97 bits per heavy atom. The lowest BCUT2D eigenvalue weighted by atomic mass is 10.0. The molecule has 0 N–H and O–H groups in total. The molecule has 1 aliphatic rings. The van der Waals surface area contributed by atoms with Crippen LogP contribution in [0.15, 0.2) is 46.0 Å². The molecule has 0 bridgehead atoms. The largest absolute Gasteiger partial charge is 0.338 e. The van der Waals surface area contributed by atoms with Gasteiger partial charge < -0.3 is 9.09 Å². The Morgan fingerprint density at radius 3 is 2.78 bits per heavy atom. The molecular weight excluding hydrogens is 404 g/mol. The molecule has 8 nitrogen and oxygen atoms in total. The third kappa shape index (κ3) is 3.98. The van der Waals surface area contributed by atoms with Crippen LogP contribution in [0.5, 0.6) is 0 Å². The van der Waals surface area contributed by atoms with Crippen molar-refractivity contribution in [2.24, 2.45) is 0 Å². The number of hydrogen-bond acceptors (Lipinski definition) is 6. The average molecular weight is 433 g/mol. The molecule has 0 radical (unpaired) electrons. The Bertz CT molecular complexity index is 1320. The molecule has 1 aliphatic heterocycles. The van der Waals surface area contributed by atoms with Crippen molar-refractivity contribution < 1.29 is 4.52 Å². The van der Waals surface area contributed by atoms with Crippen LogP contribution < -0.4 is 5.56 Å². The van der Waals surface area contributed by atoms with Gasteiger partial charge in [-0.25, -0.2) is 4.52 Å². The van der Waals surface area contributed by atoms with Gasteiger partial charge in [-0.15, -0.1) is 0 Å². The van der Waals surface area contributed by atoms with Crippen molar-refractivity contribution in [1.29, 1.82) is 0 Å². The number of aryl methyl sites for hydroxylation is 2. The first-order valence-electron chi connectivity index (χ1n) is 11.2. The van der Waals surface area contributed by atoms with Crippen LogP contribution >= 0.6 is 0 Å². The van der Waals surface area contributed by atoms with Gasteiger partial charge in [0.25, 0.3) is 5.56 Å². The van der Waals surface area contributed by atoms with E-state index in [2.05, 4.69) is 53.0 Å². The van der Waals surface area contributed by atoms with E-state index in [9.17, 15) is 4.79 Å². The highest BCUT2D eigenvalue weighted by Gasteiger charge is 2.21. The van der Waals surface area contributed by atoms with Crippen molar-refractivity contribution in [3.8, 4) is 11.3 Å². The highest BCUT2D eigenvalue weighted by molar-refractivity contribution is 5.66. The summed E-state index contributed by atoms with van der Waals surface area (Å²) in [6.45, 7) is 8.37. The predicted octanol–water partition coefficient (Wildman–Crippen LogP) is 3.59. The maximum absolute atomic E-state index is 13.1. The minimum absolute atomic E-state index is 0.133. The molecule has 3 aromatic heterocycles. The van der Waals surface area contributed by atoms with Crippen LogP contribution in [-0.2, 0) is 13.1 Å². The Balaban J connectivity index is 1.37. The second-order valence-corrected chi connectivity index (χ2v) is 8.81. The van der Waals surface area contributed by atoms with Crippen LogP contribution in [-0.4, -0.2) is 41.8 Å². The van der Waals surface area contributed by atoms with Gasteiger partial charge in [0, 0.05) is 24.0 Å². The third-order valence-electron chi connectivity index (χ3n) is 6.51. The Kier molecular flexibility index (Phi) is 5.38. The Hall–Kier alpha value is -3.26. The molecule has 8 heteroatoms. The van der Waals surface area contributed by atoms with Crippen molar-refractivity contribution in [2.45, 2.75) is 59.2 Å². The van der Waals surface area contributed by atoms with Gasteiger partial charge >= 0.3 is 0 Å². The lowest BCUT2D eigenvalue weighted by Crippen LogP contribution is -2.36. The first-order chi connectivity index (χ1) is 15.5. The van der Waals surface area contributed by atoms with E-state index in [4.69, 9.17) is 4.52 Å². The molecule has 0 spiro atoms. The molecule has 166 valence electrons. The number of rotatable bonds is 5. The zero-order valence-corrected chi connectivity index (χ0v) is 18.8. The van der Waals surface area contributed by atoms with Crippen LogP contribution in [0.25, 0.3) is 16.8 Å². The number of likely N-dealkylation sites (tertiary alicyclic amines) is 1. The molecule has 5 rings (SSSR count). The normalized spacial score (nSPS) is 17.3. The summed E-state index contributed by atoms with van der Waals surface area (Å²) >= 11 is 0. The Morgan fingerprint density at radius 1 is 1.09 bits per heavy atom. The average Bonchev–Trinajstić information content (AvgIpc) is 3.41. The number of aromatic nitrogens is 5. The maximum Gasteiger partial charge on any atom is 0.277 e. The SMILES string of the molecule is Cc1ccc(-c2cc3c(=O)n(Cc4noc(CN5CCCCC5C)n4)ccn3n2)cc1C. The fourth-order valence-corrected chi connectivity index (χ4v) is 4.33. The zero-order valence-electron chi connectivity index (χ0n) is 18.8. The lowest BCUT2D eigenvalue weighted by molar-refractivity contribution is 0.135. The van der Waals surface area contributed by atoms with E-state index in [0.717, 1.165) is 17.8 Å². The Labute approximate surface area is 186 Å². The van der Waals surface area contributed by atoms with Crippen LogP contribution in [0.4, 0.5) is 0 Å². The van der Waals surface area contributed by atoms with E-state index in [1.165, 1.54) is 30.4 Å². The summed E-state index contributed by atoms with van der Waals surface area (Å²) in [4.78, 5) is 20.0. The van der Waals surface area contributed by atoms with E-state index in [1.54, 1.807) is 21.5 Å². The van der Waals surface area contributed by atoms with E-state index in [0.29, 0.717) is 29.8 Å². The van der Waals surface area contributed by atoms with Crippen LogP contribution in [0.3, 0.4) is 0 Å². The molecule has 0 saturated carbocycles. The summed E-state index contributed by atoms with van der Waals surface area (Å²) in [5.41, 5.74) is 4.59. The molecular formula is C24H28N6O2. The number of nitrogens with zero attached hydrogens (tertiary/aromatic N) is 6. The third-order valence-corrected chi connectivity index (χ3v) is 6.51. The summed E-state index contributed by atoms with van der Waals surface area (Å²) in [6, 6.07) is 8.57. The number of fused-ring (bicyclic) bond motifs is 1. The van der Waals surface area contributed by atoms with Crippen LogP contribution in [0, 0.1) is 13.8 Å². The molecule has 1 unspecified atom stereocenters. The molecule has 0 amide bonds. The summed E-state index contributed by atoms with van der Waals surface area (Å²) in [7, 11) is 0. The monoisotopic (exact) mass is 432 g/mol. The van der Waals surface area contributed by atoms with Crippen LogP contribution in [0.1, 0.15) is 49.0 Å². The lowest BCUT2D eigenvalue weighted by Gasteiger charge is -2.31. The van der Waals surface area contributed by atoms with Gasteiger partial charge in [0.15, 0.2) is 5.82 Å². The van der Waals surface area contributed by atoms with Gasteiger partial charge in [-0.05, 0) is 63.4 Å². The van der Waals surface area contributed by atoms with E-state index >= 15 is 0 Å². The smallest absolute Gasteiger partial charge is 0.277 e. The predicted molar refractivity (Wildman–Crippen MR) is 121 cm³/mol. The van der Waals surface area contributed by atoms with Gasteiger partial charge in [-0.2, -0.15) is 10.1 Å². The molecule has 1 atom stereocenters. The first-order valence-corrected chi connectivity index (χ1v) is 11.2. The van der Waals surface area contributed by atoms with E-state index in [-0.39, 0.29) is 12.1 Å². The van der Waals surface area contributed by atoms with Crippen molar-refractivity contribution >= 4 is 5.52 Å². The highest BCUT2D eigenvalue weighted by Crippen LogP contribution is 2.22. The summed E-state index contributed by atoms with van der Waals surface area (Å²) in [5, 5.41) is 8.69. The number of hydrogen-bond donors (Lipinski definition) is 0.